The highest BCUT2D eigenvalue weighted by atomic mass is 14.2. The molecule has 0 atom stereocenters. The van der Waals surface area contributed by atoms with Crippen LogP contribution in [0, 0.1) is 0 Å². The topological polar surface area (TPSA) is 0 Å². The van der Waals surface area contributed by atoms with Gasteiger partial charge >= 0.3 is 0 Å². The van der Waals surface area contributed by atoms with Crippen LogP contribution in [-0.4, -0.2) is 0 Å². The van der Waals surface area contributed by atoms with E-state index >= 15 is 0 Å². The van der Waals surface area contributed by atoms with Crippen molar-refractivity contribution in [3.8, 4) is 0 Å². The number of benzene rings is 7. The lowest BCUT2D eigenvalue weighted by molar-refractivity contribution is 1.79. The van der Waals surface area contributed by atoms with Crippen molar-refractivity contribution in [2.45, 2.75) is 0 Å². The minimum Gasteiger partial charge on any atom is -0.0616 e. The van der Waals surface area contributed by atoms with Crippen LogP contribution in [0.2, 0.25) is 0 Å². The van der Waals surface area contributed by atoms with E-state index in [1.54, 1.807) is 0 Å². The Bertz CT molecular complexity index is 1700. The summed E-state index contributed by atoms with van der Waals surface area (Å²) in [6.45, 7) is 0. The molecule has 0 heterocycles. The maximum Gasteiger partial charge on any atom is -0.00199 e. The fourth-order valence-corrected chi connectivity index (χ4v) is 5.20. The van der Waals surface area contributed by atoms with Crippen LogP contribution in [0.25, 0.3) is 64.6 Å². The van der Waals surface area contributed by atoms with Gasteiger partial charge in [0.05, 0.1) is 0 Å². The van der Waals surface area contributed by atoms with Crippen molar-refractivity contribution in [1.82, 2.24) is 0 Å². The van der Waals surface area contributed by atoms with E-state index in [0.717, 1.165) is 0 Å². The fraction of sp³-hybridized carbons (Fsp3) is 0. The van der Waals surface area contributed by atoms with Crippen LogP contribution in [0.5, 0.6) is 0 Å². The predicted molar refractivity (Wildman–Crippen MR) is 123 cm³/mol. The highest BCUT2D eigenvalue weighted by Crippen LogP contribution is 2.43. The molecule has 7 rings (SSSR count). The third-order valence-corrected chi connectivity index (χ3v) is 6.37. The average molecular weight is 352 g/mol. The lowest BCUT2D eigenvalue weighted by atomic mass is 9.87. The molecule has 0 unspecified atom stereocenters. The lowest BCUT2D eigenvalue weighted by Gasteiger charge is -2.16. The number of fused-ring (bicyclic) bond motifs is 6. The van der Waals surface area contributed by atoms with Crippen molar-refractivity contribution in [1.29, 1.82) is 0 Å². The van der Waals surface area contributed by atoms with Gasteiger partial charge in [-0.05, 0) is 70.7 Å². The Morgan fingerprint density at radius 3 is 1.68 bits per heavy atom. The predicted octanol–water partition coefficient (Wildman–Crippen LogP) is 8.04. The van der Waals surface area contributed by atoms with Gasteiger partial charge in [-0.1, -0.05) is 91.0 Å². The van der Waals surface area contributed by atoms with E-state index in [0.29, 0.717) is 0 Å². The van der Waals surface area contributed by atoms with E-state index in [2.05, 4.69) is 97.1 Å². The molecular formula is C28H16. The maximum absolute atomic E-state index is 2.42. The third kappa shape index (κ3) is 1.66. The van der Waals surface area contributed by atoms with E-state index in [4.69, 9.17) is 0 Å². The first-order valence-electron chi connectivity index (χ1n) is 9.80. The van der Waals surface area contributed by atoms with Crippen LogP contribution in [0.1, 0.15) is 0 Å². The van der Waals surface area contributed by atoms with Crippen LogP contribution < -0.4 is 0 Å². The van der Waals surface area contributed by atoms with Crippen LogP contribution in [0.15, 0.2) is 97.1 Å². The first-order chi connectivity index (χ1) is 13.9. The lowest BCUT2D eigenvalue weighted by Crippen LogP contribution is -1.88. The molecule has 0 fully saturated rings. The van der Waals surface area contributed by atoms with Crippen LogP contribution in [-0.2, 0) is 0 Å². The molecule has 0 aromatic heterocycles. The Morgan fingerprint density at radius 2 is 0.857 bits per heavy atom. The molecule has 0 aliphatic rings. The van der Waals surface area contributed by atoms with Gasteiger partial charge in [0.2, 0.25) is 0 Å². The Labute approximate surface area is 162 Å². The molecule has 0 saturated carbocycles. The van der Waals surface area contributed by atoms with E-state index in [1.807, 2.05) is 0 Å². The van der Waals surface area contributed by atoms with E-state index < -0.39 is 0 Å². The summed E-state index contributed by atoms with van der Waals surface area (Å²) in [6, 6.07) is 35.8. The summed E-state index contributed by atoms with van der Waals surface area (Å²) >= 11 is 0. The molecule has 128 valence electrons. The summed E-state index contributed by atoms with van der Waals surface area (Å²) < 4.78 is 0. The molecule has 0 heteroatoms. The number of rotatable bonds is 0. The molecule has 0 aliphatic heterocycles. The third-order valence-electron chi connectivity index (χ3n) is 6.37. The van der Waals surface area contributed by atoms with Crippen LogP contribution >= 0.6 is 0 Å². The van der Waals surface area contributed by atoms with Gasteiger partial charge in [0.15, 0.2) is 0 Å². The van der Waals surface area contributed by atoms with Gasteiger partial charge in [0.25, 0.3) is 0 Å². The van der Waals surface area contributed by atoms with Gasteiger partial charge in [-0.15, -0.1) is 0 Å². The highest BCUT2D eigenvalue weighted by molar-refractivity contribution is 6.37. The van der Waals surface area contributed by atoms with Crippen LogP contribution in [0.4, 0.5) is 0 Å². The van der Waals surface area contributed by atoms with Crippen molar-refractivity contribution >= 4 is 64.6 Å². The first kappa shape index (κ1) is 14.4. The number of hydrogen-bond donors (Lipinski definition) is 0. The van der Waals surface area contributed by atoms with Gasteiger partial charge in [-0.25, -0.2) is 0 Å². The molecule has 0 bridgehead atoms. The summed E-state index contributed by atoms with van der Waals surface area (Å²) in [5.74, 6) is 0. The van der Waals surface area contributed by atoms with Gasteiger partial charge in [-0.3, -0.25) is 0 Å². The second kappa shape index (κ2) is 4.99. The fourth-order valence-electron chi connectivity index (χ4n) is 5.20. The molecule has 0 radical (unpaired) electrons. The second-order valence-corrected chi connectivity index (χ2v) is 7.74. The Balaban J connectivity index is 1.90. The zero-order valence-electron chi connectivity index (χ0n) is 15.2. The quantitative estimate of drug-likeness (QED) is 0.191. The van der Waals surface area contributed by atoms with Crippen molar-refractivity contribution in [2.75, 3.05) is 0 Å². The molecular weight excluding hydrogens is 336 g/mol. The highest BCUT2D eigenvalue weighted by Gasteiger charge is 2.15. The minimum absolute atomic E-state index is 1.30. The standard InChI is InChI=1S/C28H16/c1-2-9-19-17(6-1)14-15-20-21-12-5-13-23-22-10-3-7-18-8-4-11-24(27(18)22)26(28(21)23)16-25(19)20/h1-16H. The zero-order chi connectivity index (χ0) is 18.2. The molecule has 7 aromatic rings. The van der Waals surface area contributed by atoms with Crippen molar-refractivity contribution in [3.63, 3.8) is 0 Å². The molecule has 28 heavy (non-hydrogen) atoms. The SMILES string of the molecule is c1ccc2c(c1)ccc1c2cc2c3cccc4cccc(c5cccc1c52)c43. The Hall–Kier alpha value is -3.64. The summed E-state index contributed by atoms with van der Waals surface area (Å²) in [7, 11) is 0. The van der Waals surface area contributed by atoms with Crippen molar-refractivity contribution in [2.24, 2.45) is 0 Å². The molecule has 7 aromatic carbocycles. The molecule has 0 aliphatic carbocycles. The van der Waals surface area contributed by atoms with Gasteiger partial charge in [-0.2, -0.15) is 0 Å². The van der Waals surface area contributed by atoms with Crippen molar-refractivity contribution in [3.05, 3.63) is 97.1 Å². The summed E-state index contributed by atoms with van der Waals surface area (Å²) in [5.41, 5.74) is 0. The largest absolute Gasteiger partial charge is 0.0616 e. The zero-order valence-corrected chi connectivity index (χ0v) is 15.2. The Kier molecular flexibility index (Phi) is 2.57. The summed E-state index contributed by atoms with van der Waals surface area (Å²) in [5, 5.41) is 16.2. The minimum atomic E-state index is 1.30. The maximum atomic E-state index is 2.42. The monoisotopic (exact) mass is 352 g/mol. The molecule has 0 spiro atoms. The van der Waals surface area contributed by atoms with Gasteiger partial charge in [0.1, 0.15) is 0 Å². The summed E-state index contributed by atoms with van der Waals surface area (Å²) in [6.07, 6.45) is 0. The van der Waals surface area contributed by atoms with E-state index in [1.165, 1.54) is 64.6 Å². The average Bonchev–Trinajstić information content (AvgIpc) is 2.76. The number of hydrogen-bond acceptors (Lipinski definition) is 0. The first-order valence-corrected chi connectivity index (χ1v) is 9.80. The van der Waals surface area contributed by atoms with E-state index in [9.17, 15) is 0 Å². The Morgan fingerprint density at radius 1 is 0.286 bits per heavy atom. The van der Waals surface area contributed by atoms with Crippen LogP contribution in [0.3, 0.4) is 0 Å². The summed E-state index contributed by atoms with van der Waals surface area (Å²) in [4.78, 5) is 0. The molecule has 0 saturated heterocycles. The molecule has 0 amide bonds. The molecule has 0 nitrogen and oxygen atoms in total. The molecule has 0 N–H and O–H groups in total. The smallest absolute Gasteiger partial charge is 0.00199 e. The van der Waals surface area contributed by atoms with Gasteiger partial charge < -0.3 is 0 Å². The van der Waals surface area contributed by atoms with Gasteiger partial charge in [0, 0.05) is 0 Å². The van der Waals surface area contributed by atoms with Crippen molar-refractivity contribution < 1.29 is 0 Å². The normalized spacial score (nSPS) is 12.3. The second-order valence-electron chi connectivity index (χ2n) is 7.74. The van der Waals surface area contributed by atoms with E-state index in [-0.39, 0.29) is 0 Å².